The van der Waals surface area contributed by atoms with Gasteiger partial charge in [-0.25, -0.2) is 17.7 Å². The van der Waals surface area contributed by atoms with Crippen molar-refractivity contribution in [2.45, 2.75) is 39.0 Å². The van der Waals surface area contributed by atoms with Gasteiger partial charge in [-0.3, -0.25) is 9.97 Å². The topological polar surface area (TPSA) is 76.1 Å². The molecule has 6 nitrogen and oxygen atoms in total. The number of hydrogen-bond acceptors (Lipinski definition) is 6. The third-order valence-electron chi connectivity index (χ3n) is 4.40. The predicted octanol–water partition coefficient (Wildman–Crippen LogP) is 2.94. The number of nitrogens with zero attached hydrogens (tertiary/aromatic N) is 4. The van der Waals surface area contributed by atoms with Crippen LogP contribution in [0.25, 0.3) is 10.6 Å². The van der Waals surface area contributed by atoms with Crippen molar-refractivity contribution >= 4 is 21.4 Å². The molecule has 2 aromatic rings. The summed E-state index contributed by atoms with van der Waals surface area (Å²) >= 11 is 1.67. The van der Waals surface area contributed by atoms with E-state index in [0.29, 0.717) is 19.0 Å². The molecule has 1 saturated heterocycles. The minimum absolute atomic E-state index is 0.275. The second-order valence-corrected chi connectivity index (χ2v) is 10.1. The van der Waals surface area contributed by atoms with Crippen LogP contribution in [0, 0.1) is 5.92 Å². The summed E-state index contributed by atoms with van der Waals surface area (Å²) in [6.07, 6.45) is 9.35. The molecule has 0 aliphatic carbocycles. The van der Waals surface area contributed by atoms with Crippen molar-refractivity contribution < 1.29 is 8.42 Å². The first-order valence-corrected chi connectivity index (χ1v) is 11.2. The van der Waals surface area contributed by atoms with E-state index in [2.05, 4.69) is 28.8 Å². The molecule has 3 rings (SSSR count). The van der Waals surface area contributed by atoms with Crippen LogP contribution in [-0.4, -0.2) is 47.0 Å². The summed E-state index contributed by atoms with van der Waals surface area (Å²) in [5.41, 5.74) is 1.80. The summed E-state index contributed by atoms with van der Waals surface area (Å²) in [5.74, 6) is 0.864. The van der Waals surface area contributed by atoms with Crippen LogP contribution in [0.4, 0.5) is 0 Å². The van der Waals surface area contributed by atoms with Crippen LogP contribution in [0.5, 0.6) is 0 Å². The molecule has 0 aromatic carbocycles. The second kappa shape index (κ2) is 7.47. The number of sulfonamides is 1. The summed E-state index contributed by atoms with van der Waals surface area (Å²) in [7, 11) is -3.09. The zero-order valence-electron chi connectivity index (χ0n) is 14.8. The average molecular weight is 381 g/mol. The number of rotatable bonds is 5. The average Bonchev–Trinajstić information content (AvgIpc) is 3.02. The Morgan fingerprint density at radius 3 is 2.44 bits per heavy atom. The van der Waals surface area contributed by atoms with E-state index in [0.717, 1.165) is 40.5 Å². The standard InChI is InChI=1S/C17H24N4O2S2/c1-12(2)8-17-20-11-16(24-17)15-10-18-14(9-19-15)13-4-6-21(7-5-13)25(3,22)23/h9-13H,4-8H2,1-3H3. The molecule has 0 amide bonds. The quantitative estimate of drug-likeness (QED) is 0.797. The van der Waals surface area contributed by atoms with E-state index < -0.39 is 10.0 Å². The molecular formula is C17H24N4O2S2. The van der Waals surface area contributed by atoms with Crippen LogP contribution in [0.1, 0.15) is 43.3 Å². The molecule has 3 heterocycles. The van der Waals surface area contributed by atoms with Crippen LogP contribution in [0.3, 0.4) is 0 Å². The van der Waals surface area contributed by atoms with E-state index >= 15 is 0 Å². The molecule has 25 heavy (non-hydrogen) atoms. The maximum Gasteiger partial charge on any atom is 0.211 e. The lowest BCUT2D eigenvalue weighted by Crippen LogP contribution is -2.37. The van der Waals surface area contributed by atoms with Gasteiger partial charge < -0.3 is 0 Å². The van der Waals surface area contributed by atoms with Crippen molar-refractivity contribution in [2.24, 2.45) is 5.92 Å². The lowest BCUT2D eigenvalue weighted by atomic mass is 9.95. The molecule has 1 fully saturated rings. The highest BCUT2D eigenvalue weighted by Crippen LogP contribution is 2.29. The first kappa shape index (κ1) is 18.4. The molecule has 2 aromatic heterocycles. The first-order valence-electron chi connectivity index (χ1n) is 8.55. The maximum absolute atomic E-state index is 11.6. The third-order valence-corrected chi connectivity index (χ3v) is 6.75. The second-order valence-electron chi connectivity index (χ2n) is 6.98. The molecule has 136 valence electrons. The SMILES string of the molecule is CC(C)Cc1ncc(-c2cnc(C3CCN(S(C)(=O)=O)CC3)cn2)s1. The van der Waals surface area contributed by atoms with Gasteiger partial charge in [0.05, 0.1) is 28.0 Å². The summed E-state index contributed by atoms with van der Waals surface area (Å²) in [6, 6.07) is 0. The Bertz CT molecular complexity index is 807. The smallest absolute Gasteiger partial charge is 0.211 e. The summed E-state index contributed by atoms with van der Waals surface area (Å²) in [4.78, 5) is 14.7. The van der Waals surface area contributed by atoms with Gasteiger partial charge in [0.25, 0.3) is 0 Å². The number of thiazole rings is 1. The molecule has 0 spiro atoms. The van der Waals surface area contributed by atoms with Gasteiger partial charge in [0, 0.05) is 37.8 Å². The van der Waals surface area contributed by atoms with Crippen molar-refractivity contribution in [1.29, 1.82) is 0 Å². The first-order chi connectivity index (χ1) is 11.8. The molecule has 0 bridgehead atoms. The van der Waals surface area contributed by atoms with Crippen molar-refractivity contribution in [2.75, 3.05) is 19.3 Å². The Morgan fingerprint density at radius 1 is 1.16 bits per heavy atom. The molecule has 8 heteroatoms. The Labute approximate surface area is 153 Å². The van der Waals surface area contributed by atoms with Gasteiger partial charge in [0.15, 0.2) is 0 Å². The minimum Gasteiger partial charge on any atom is -0.257 e. The number of aromatic nitrogens is 3. The number of piperidine rings is 1. The van der Waals surface area contributed by atoms with Gasteiger partial charge in [-0.15, -0.1) is 11.3 Å². The molecular weight excluding hydrogens is 356 g/mol. The van der Waals surface area contributed by atoms with Gasteiger partial charge in [0.1, 0.15) is 5.69 Å². The van der Waals surface area contributed by atoms with Crippen molar-refractivity contribution in [3.63, 3.8) is 0 Å². The monoisotopic (exact) mass is 380 g/mol. The lowest BCUT2D eigenvalue weighted by Gasteiger charge is -2.29. The van der Waals surface area contributed by atoms with Crippen LogP contribution in [0.2, 0.25) is 0 Å². The highest BCUT2D eigenvalue weighted by Gasteiger charge is 2.26. The molecule has 0 N–H and O–H groups in total. The van der Waals surface area contributed by atoms with Gasteiger partial charge in [-0.05, 0) is 18.8 Å². The fraction of sp³-hybridized carbons (Fsp3) is 0.588. The van der Waals surface area contributed by atoms with E-state index in [9.17, 15) is 8.42 Å². The maximum atomic E-state index is 11.6. The Hall–Kier alpha value is -1.38. The van der Waals surface area contributed by atoms with E-state index in [4.69, 9.17) is 0 Å². The van der Waals surface area contributed by atoms with Crippen LogP contribution < -0.4 is 0 Å². The van der Waals surface area contributed by atoms with E-state index in [1.807, 2.05) is 18.6 Å². The Morgan fingerprint density at radius 2 is 1.88 bits per heavy atom. The zero-order chi connectivity index (χ0) is 18.0. The molecule has 0 atom stereocenters. The molecule has 1 aliphatic rings. The van der Waals surface area contributed by atoms with Gasteiger partial charge in [-0.1, -0.05) is 13.8 Å². The number of hydrogen-bond donors (Lipinski definition) is 0. The highest BCUT2D eigenvalue weighted by molar-refractivity contribution is 7.88. The van der Waals surface area contributed by atoms with Gasteiger partial charge in [-0.2, -0.15) is 0 Å². The summed E-state index contributed by atoms with van der Waals surface area (Å²) in [6.45, 7) is 5.48. The molecule has 1 aliphatic heterocycles. The largest absolute Gasteiger partial charge is 0.257 e. The Balaban J connectivity index is 1.66. The molecule has 0 unspecified atom stereocenters. The van der Waals surface area contributed by atoms with E-state index in [1.54, 1.807) is 15.6 Å². The van der Waals surface area contributed by atoms with Crippen LogP contribution in [-0.2, 0) is 16.4 Å². The van der Waals surface area contributed by atoms with Crippen molar-refractivity contribution in [1.82, 2.24) is 19.3 Å². The van der Waals surface area contributed by atoms with E-state index in [-0.39, 0.29) is 5.92 Å². The molecule has 0 saturated carbocycles. The summed E-state index contributed by atoms with van der Waals surface area (Å²) in [5, 5.41) is 1.13. The third kappa shape index (κ3) is 4.62. The zero-order valence-corrected chi connectivity index (χ0v) is 16.5. The minimum atomic E-state index is -3.09. The lowest BCUT2D eigenvalue weighted by molar-refractivity contribution is 0.318. The fourth-order valence-electron chi connectivity index (χ4n) is 3.03. The Kier molecular flexibility index (Phi) is 5.50. The van der Waals surface area contributed by atoms with Gasteiger partial charge in [0.2, 0.25) is 10.0 Å². The fourth-order valence-corrected chi connectivity index (χ4v) is 5.00. The van der Waals surface area contributed by atoms with Gasteiger partial charge >= 0.3 is 0 Å². The highest BCUT2D eigenvalue weighted by atomic mass is 32.2. The van der Waals surface area contributed by atoms with E-state index in [1.165, 1.54) is 6.26 Å². The van der Waals surface area contributed by atoms with Crippen LogP contribution in [0.15, 0.2) is 18.6 Å². The van der Waals surface area contributed by atoms with Crippen molar-refractivity contribution in [3.05, 3.63) is 29.3 Å². The normalized spacial score (nSPS) is 17.3. The predicted molar refractivity (Wildman–Crippen MR) is 100 cm³/mol. The van der Waals surface area contributed by atoms with Crippen molar-refractivity contribution in [3.8, 4) is 10.6 Å². The molecule has 0 radical (unpaired) electrons. The summed E-state index contributed by atoms with van der Waals surface area (Å²) < 4.78 is 24.7. The van der Waals surface area contributed by atoms with Crippen LogP contribution >= 0.6 is 11.3 Å².